The molecule has 3 rings (SSSR count). The Bertz CT molecular complexity index is 638. The number of hydrogen-bond acceptors (Lipinski definition) is 3. The Balaban J connectivity index is 2.31. The van der Waals surface area contributed by atoms with Crippen molar-refractivity contribution in [1.82, 2.24) is 10.2 Å². The zero-order valence-corrected chi connectivity index (χ0v) is 8.31. The van der Waals surface area contributed by atoms with Gasteiger partial charge in [-0.15, -0.1) is 0 Å². The molecular weight excluding hydrogens is 204 g/mol. The average Bonchev–Trinajstić information content (AvgIpc) is 2.97. The molecule has 0 bridgehead atoms. The number of hydrogen-bond donors (Lipinski definition) is 1. The summed E-state index contributed by atoms with van der Waals surface area (Å²) in [5, 5.41) is 7.55. The Morgan fingerprint density at radius 1 is 1.31 bits per heavy atom. The van der Waals surface area contributed by atoms with E-state index in [2.05, 4.69) is 10.2 Å². The summed E-state index contributed by atoms with van der Waals surface area (Å²) in [6.07, 6.45) is 5.89. The number of nitrogens with one attached hydrogen (secondary N) is 1. The van der Waals surface area contributed by atoms with Crippen molar-refractivity contribution in [1.29, 1.82) is 0 Å². The molecule has 0 amide bonds. The predicted octanol–water partition coefficient (Wildman–Crippen LogP) is 2.64. The lowest BCUT2D eigenvalue weighted by atomic mass is 10.0. The van der Waals surface area contributed by atoms with Crippen LogP contribution >= 0.6 is 0 Å². The minimum absolute atomic E-state index is 0.554. The maximum atomic E-state index is 11.0. The molecule has 16 heavy (non-hydrogen) atoms. The van der Waals surface area contributed by atoms with Crippen LogP contribution in [0.4, 0.5) is 0 Å². The highest BCUT2D eigenvalue weighted by Gasteiger charge is 2.08. The smallest absolute Gasteiger partial charge is 0.153 e. The summed E-state index contributed by atoms with van der Waals surface area (Å²) in [5.41, 5.74) is 3.08. The van der Waals surface area contributed by atoms with Gasteiger partial charge in [0.1, 0.15) is 5.58 Å². The molecule has 0 radical (unpaired) electrons. The molecule has 1 aromatic carbocycles. The van der Waals surface area contributed by atoms with Crippen molar-refractivity contribution >= 4 is 17.3 Å². The number of carbonyl (C=O) groups excluding carboxylic acids is 1. The first-order valence-corrected chi connectivity index (χ1v) is 4.84. The molecule has 4 heteroatoms. The molecule has 0 atom stereocenters. The lowest BCUT2D eigenvalue weighted by molar-refractivity contribution is 0.112. The lowest BCUT2D eigenvalue weighted by Gasteiger charge is -1.99. The van der Waals surface area contributed by atoms with E-state index in [1.54, 1.807) is 24.7 Å². The second-order valence-electron chi connectivity index (χ2n) is 3.51. The zero-order valence-electron chi connectivity index (χ0n) is 8.31. The maximum Gasteiger partial charge on any atom is 0.153 e. The molecule has 0 aliphatic heterocycles. The van der Waals surface area contributed by atoms with Crippen LogP contribution in [-0.2, 0) is 0 Å². The van der Waals surface area contributed by atoms with Gasteiger partial charge in [-0.05, 0) is 23.8 Å². The topological polar surface area (TPSA) is 58.9 Å². The van der Waals surface area contributed by atoms with Crippen LogP contribution in [0.15, 0.2) is 41.3 Å². The van der Waals surface area contributed by atoms with Crippen molar-refractivity contribution in [3.63, 3.8) is 0 Å². The maximum absolute atomic E-state index is 11.0. The summed E-state index contributed by atoms with van der Waals surface area (Å²) < 4.78 is 5.26. The number of fused-ring (bicyclic) bond motifs is 1. The minimum Gasteiger partial charge on any atom is -0.464 e. The SMILES string of the molecule is O=Cc1cc(-c2cn[nH]c2)cc2ccoc12. The van der Waals surface area contributed by atoms with Crippen molar-refractivity contribution in [3.8, 4) is 11.1 Å². The molecule has 0 aliphatic carbocycles. The molecule has 0 saturated carbocycles. The van der Waals surface area contributed by atoms with E-state index in [0.717, 1.165) is 22.8 Å². The Morgan fingerprint density at radius 2 is 2.25 bits per heavy atom. The van der Waals surface area contributed by atoms with E-state index in [1.807, 2.05) is 12.1 Å². The summed E-state index contributed by atoms with van der Waals surface area (Å²) in [4.78, 5) is 11.0. The van der Waals surface area contributed by atoms with Gasteiger partial charge in [0, 0.05) is 17.1 Å². The Morgan fingerprint density at radius 3 is 3.00 bits per heavy atom. The van der Waals surface area contributed by atoms with Gasteiger partial charge in [-0.3, -0.25) is 9.89 Å². The van der Waals surface area contributed by atoms with E-state index in [1.165, 1.54) is 0 Å². The van der Waals surface area contributed by atoms with Gasteiger partial charge >= 0.3 is 0 Å². The Kier molecular flexibility index (Phi) is 1.86. The average molecular weight is 212 g/mol. The van der Waals surface area contributed by atoms with Gasteiger partial charge < -0.3 is 4.42 Å². The number of rotatable bonds is 2. The van der Waals surface area contributed by atoms with Crippen LogP contribution in [0.5, 0.6) is 0 Å². The second kappa shape index (κ2) is 3.34. The van der Waals surface area contributed by atoms with Gasteiger partial charge in [-0.25, -0.2) is 0 Å². The summed E-state index contributed by atoms with van der Waals surface area (Å²) in [5.74, 6) is 0. The molecular formula is C12H8N2O2. The van der Waals surface area contributed by atoms with Crippen molar-refractivity contribution < 1.29 is 9.21 Å². The molecule has 1 N–H and O–H groups in total. The van der Waals surface area contributed by atoms with Gasteiger partial charge in [0.15, 0.2) is 6.29 Å². The van der Waals surface area contributed by atoms with Crippen LogP contribution in [-0.4, -0.2) is 16.5 Å². The number of benzene rings is 1. The van der Waals surface area contributed by atoms with Crippen LogP contribution in [0.2, 0.25) is 0 Å². The number of aldehydes is 1. The Labute approximate surface area is 90.9 Å². The van der Waals surface area contributed by atoms with Crippen LogP contribution in [0.1, 0.15) is 10.4 Å². The van der Waals surface area contributed by atoms with Crippen molar-refractivity contribution in [2.45, 2.75) is 0 Å². The first-order chi connectivity index (χ1) is 7.88. The van der Waals surface area contributed by atoms with E-state index in [-0.39, 0.29) is 0 Å². The quantitative estimate of drug-likeness (QED) is 0.664. The van der Waals surface area contributed by atoms with E-state index in [4.69, 9.17) is 4.42 Å². The number of nitrogens with zero attached hydrogens (tertiary/aromatic N) is 1. The van der Waals surface area contributed by atoms with Crippen molar-refractivity contribution in [2.24, 2.45) is 0 Å². The summed E-state index contributed by atoms with van der Waals surface area (Å²) in [6, 6.07) is 5.60. The molecule has 0 aliphatic rings. The fraction of sp³-hybridized carbons (Fsp3) is 0. The van der Waals surface area contributed by atoms with Gasteiger partial charge in [0.2, 0.25) is 0 Å². The van der Waals surface area contributed by atoms with Gasteiger partial charge in [0.05, 0.1) is 18.0 Å². The highest BCUT2D eigenvalue weighted by atomic mass is 16.3. The van der Waals surface area contributed by atoms with Crippen LogP contribution in [0, 0.1) is 0 Å². The summed E-state index contributed by atoms with van der Waals surface area (Å²) in [6.45, 7) is 0. The molecule has 2 aromatic heterocycles. The van der Waals surface area contributed by atoms with E-state index in [0.29, 0.717) is 11.1 Å². The fourth-order valence-electron chi connectivity index (χ4n) is 1.77. The molecule has 0 spiro atoms. The molecule has 2 heterocycles. The fourth-order valence-corrected chi connectivity index (χ4v) is 1.77. The largest absolute Gasteiger partial charge is 0.464 e. The summed E-state index contributed by atoms with van der Waals surface area (Å²) >= 11 is 0. The van der Waals surface area contributed by atoms with Crippen LogP contribution < -0.4 is 0 Å². The first-order valence-electron chi connectivity index (χ1n) is 4.84. The van der Waals surface area contributed by atoms with E-state index in [9.17, 15) is 4.79 Å². The number of carbonyl (C=O) groups is 1. The molecule has 4 nitrogen and oxygen atoms in total. The van der Waals surface area contributed by atoms with Gasteiger partial charge in [-0.1, -0.05) is 0 Å². The molecule has 78 valence electrons. The summed E-state index contributed by atoms with van der Waals surface area (Å²) in [7, 11) is 0. The minimum atomic E-state index is 0.554. The third kappa shape index (κ3) is 1.24. The molecule has 3 aromatic rings. The number of aromatic amines is 1. The first kappa shape index (κ1) is 8.91. The van der Waals surface area contributed by atoms with Gasteiger partial charge in [-0.2, -0.15) is 5.10 Å². The molecule has 0 unspecified atom stereocenters. The lowest BCUT2D eigenvalue weighted by Crippen LogP contribution is -1.83. The number of H-pyrrole nitrogens is 1. The van der Waals surface area contributed by atoms with Crippen molar-refractivity contribution in [2.75, 3.05) is 0 Å². The normalized spacial score (nSPS) is 10.8. The Hall–Kier alpha value is -2.36. The second-order valence-corrected chi connectivity index (χ2v) is 3.51. The van der Waals surface area contributed by atoms with Crippen LogP contribution in [0.3, 0.4) is 0 Å². The number of aromatic nitrogens is 2. The highest BCUT2D eigenvalue weighted by molar-refractivity contribution is 5.97. The van der Waals surface area contributed by atoms with Crippen molar-refractivity contribution in [3.05, 3.63) is 42.4 Å². The standard InChI is InChI=1S/C12H8N2O2/c15-7-10-4-9(11-5-13-14-6-11)3-8-1-2-16-12(8)10/h1-7H,(H,13,14). The highest BCUT2D eigenvalue weighted by Crippen LogP contribution is 2.27. The molecule has 0 saturated heterocycles. The molecule has 0 fully saturated rings. The predicted molar refractivity (Wildman–Crippen MR) is 59.2 cm³/mol. The third-order valence-electron chi connectivity index (χ3n) is 2.54. The van der Waals surface area contributed by atoms with E-state index < -0.39 is 0 Å². The zero-order chi connectivity index (χ0) is 11.0. The van der Waals surface area contributed by atoms with E-state index >= 15 is 0 Å². The monoisotopic (exact) mass is 212 g/mol. The van der Waals surface area contributed by atoms with Gasteiger partial charge in [0.25, 0.3) is 0 Å². The third-order valence-corrected chi connectivity index (χ3v) is 2.54. The van der Waals surface area contributed by atoms with Crippen LogP contribution in [0.25, 0.3) is 22.1 Å². The number of furan rings is 1.